The van der Waals surface area contributed by atoms with Gasteiger partial charge in [0, 0.05) is 32.2 Å². The molecule has 2 N–H and O–H groups in total. The summed E-state index contributed by atoms with van der Waals surface area (Å²) in [7, 11) is 0. The van der Waals surface area contributed by atoms with Crippen molar-refractivity contribution < 1.29 is 9.90 Å². The summed E-state index contributed by atoms with van der Waals surface area (Å²) in [5.41, 5.74) is 4.40. The van der Waals surface area contributed by atoms with Gasteiger partial charge in [0.05, 0.1) is 33.8 Å². The molecule has 1 aromatic carbocycles. The zero-order valence-corrected chi connectivity index (χ0v) is 21.0. The average molecular weight is 490 g/mol. The van der Waals surface area contributed by atoms with Gasteiger partial charge >= 0.3 is 0 Å². The van der Waals surface area contributed by atoms with E-state index in [1.165, 1.54) is 5.56 Å². The highest BCUT2D eigenvalue weighted by molar-refractivity contribution is 7.13. The quantitative estimate of drug-likeness (QED) is 0.396. The number of hydrogen-bond donors (Lipinski definition) is 2. The van der Waals surface area contributed by atoms with E-state index in [0.717, 1.165) is 59.6 Å². The molecule has 0 saturated carbocycles. The SMILES string of the molecule is CC(C)n1ncc2c(C(=O)NCc3ccc(CN4CCC(O)CC4)cc3)cc(-c3cccs3)nc21. The third-order valence-corrected chi connectivity index (χ3v) is 7.41. The second kappa shape index (κ2) is 10.3. The standard InChI is InChI=1S/C27H31N5O2S/c1-18(2)32-26-23(16-29-32)22(14-24(30-26)25-4-3-13-35-25)27(34)28-15-19-5-7-20(8-6-19)17-31-11-9-21(33)10-12-31/h3-8,13-14,16,18,21,33H,9-12,15,17H2,1-2H3,(H,28,34). The number of carbonyl (C=O) groups excluding carboxylic acids is 1. The molecule has 0 bridgehead atoms. The summed E-state index contributed by atoms with van der Waals surface area (Å²) in [5.74, 6) is -0.130. The number of pyridine rings is 1. The lowest BCUT2D eigenvalue weighted by molar-refractivity contribution is 0.0792. The number of fused-ring (bicyclic) bond motifs is 1. The third kappa shape index (κ3) is 5.29. The normalized spacial score (nSPS) is 15.2. The van der Waals surface area contributed by atoms with Crippen molar-refractivity contribution in [2.24, 2.45) is 0 Å². The Bertz CT molecular complexity index is 1290. The largest absolute Gasteiger partial charge is 0.393 e. The summed E-state index contributed by atoms with van der Waals surface area (Å²) in [6.07, 6.45) is 3.27. The Balaban J connectivity index is 1.30. The fourth-order valence-electron chi connectivity index (χ4n) is 4.51. The Hall–Kier alpha value is -3.07. The number of carbonyl (C=O) groups is 1. The first-order chi connectivity index (χ1) is 17.0. The highest BCUT2D eigenvalue weighted by atomic mass is 32.1. The van der Waals surface area contributed by atoms with Crippen molar-refractivity contribution >= 4 is 28.3 Å². The lowest BCUT2D eigenvalue weighted by Crippen LogP contribution is -2.35. The van der Waals surface area contributed by atoms with Crippen LogP contribution in [0, 0.1) is 0 Å². The van der Waals surface area contributed by atoms with Crippen LogP contribution in [0.3, 0.4) is 0 Å². The van der Waals surface area contributed by atoms with E-state index in [-0.39, 0.29) is 18.1 Å². The van der Waals surface area contributed by atoms with Crippen molar-refractivity contribution in [3.63, 3.8) is 0 Å². The lowest BCUT2D eigenvalue weighted by atomic mass is 10.1. The Morgan fingerprint density at radius 2 is 1.91 bits per heavy atom. The molecular formula is C27H31N5O2S. The Morgan fingerprint density at radius 3 is 2.60 bits per heavy atom. The topological polar surface area (TPSA) is 83.3 Å². The van der Waals surface area contributed by atoms with Gasteiger partial charge in [-0.1, -0.05) is 30.3 Å². The van der Waals surface area contributed by atoms with E-state index in [2.05, 4.69) is 53.4 Å². The van der Waals surface area contributed by atoms with Crippen molar-refractivity contribution in [3.8, 4) is 10.6 Å². The van der Waals surface area contributed by atoms with E-state index in [4.69, 9.17) is 4.98 Å². The van der Waals surface area contributed by atoms with Gasteiger partial charge in [0.15, 0.2) is 5.65 Å². The molecule has 7 nitrogen and oxygen atoms in total. The molecule has 1 amide bonds. The van der Waals surface area contributed by atoms with E-state index >= 15 is 0 Å². The third-order valence-electron chi connectivity index (χ3n) is 6.51. The van der Waals surface area contributed by atoms with Crippen molar-refractivity contribution in [1.82, 2.24) is 25.0 Å². The van der Waals surface area contributed by atoms with Gasteiger partial charge in [-0.25, -0.2) is 9.67 Å². The van der Waals surface area contributed by atoms with Crippen LogP contribution >= 0.6 is 11.3 Å². The molecule has 35 heavy (non-hydrogen) atoms. The van der Waals surface area contributed by atoms with Gasteiger partial charge in [-0.05, 0) is 55.3 Å². The summed E-state index contributed by atoms with van der Waals surface area (Å²) in [4.78, 5) is 21.5. The van der Waals surface area contributed by atoms with Crippen molar-refractivity contribution in [1.29, 1.82) is 0 Å². The number of nitrogens with zero attached hydrogens (tertiary/aromatic N) is 4. The first kappa shape index (κ1) is 23.7. The van der Waals surface area contributed by atoms with Gasteiger partial charge in [-0.3, -0.25) is 9.69 Å². The number of hydrogen-bond acceptors (Lipinski definition) is 6. The van der Waals surface area contributed by atoms with E-state index in [9.17, 15) is 9.90 Å². The van der Waals surface area contributed by atoms with Crippen LogP contribution in [0.5, 0.6) is 0 Å². The second-order valence-corrected chi connectivity index (χ2v) is 10.4. The van der Waals surface area contributed by atoms with Crippen LogP contribution in [0.1, 0.15) is 54.2 Å². The predicted octanol–water partition coefficient (Wildman–Crippen LogP) is 4.63. The Kier molecular flexibility index (Phi) is 6.95. The molecule has 4 heterocycles. The Morgan fingerprint density at radius 1 is 1.17 bits per heavy atom. The number of aromatic nitrogens is 3. The van der Waals surface area contributed by atoms with Crippen LogP contribution in [0.2, 0.25) is 0 Å². The molecule has 3 aromatic heterocycles. The van der Waals surface area contributed by atoms with Crippen LogP contribution < -0.4 is 5.32 Å². The number of aliphatic hydroxyl groups excluding tert-OH is 1. The number of rotatable bonds is 7. The molecule has 4 aromatic rings. The van der Waals surface area contributed by atoms with E-state index in [1.54, 1.807) is 17.5 Å². The molecule has 8 heteroatoms. The zero-order chi connectivity index (χ0) is 24.4. The second-order valence-electron chi connectivity index (χ2n) is 9.46. The summed E-state index contributed by atoms with van der Waals surface area (Å²) in [6, 6.07) is 14.4. The molecule has 182 valence electrons. The number of aliphatic hydroxyl groups is 1. The molecule has 0 unspecified atom stereocenters. The smallest absolute Gasteiger partial charge is 0.252 e. The molecule has 0 atom stereocenters. The molecule has 1 fully saturated rings. The summed E-state index contributed by atoms with van der Waals surface area (Å²) >= 11 is 1.61. The molecular weight excluding hydrogens is 458 g/mol. The highest BCUT2D eigenvalue weighted by Crippen LogP contribution is 2.29. The number of thiophene rings is 1. The van der Waals surface area contributed by atoms with Gasteiger partial charge in [0.2, 0.25) is 0 Å². The maximum Gasteiger partial charge on any atom is 0.252 e. The van der Waals surface area contributed by atoms with Gasteiger partial charge < -0.3 is 10.4 Å². The molecule has 0 spiro atoms. The fraction of sp³-hybridized carbons (Fsp3) is 0.370. The van der Waals surface area contributed by atoms with Crippen LogP contribution in [-0.2, 0) is 13.1 Å². The molecule has 0 aliphatic carbocycles. The van der Waals surface area contributed by atoms with Gasteiger partial charge in [-0.15, -0.1) is 11.3 Å². The minimum atomic E-state index is -0.153. The summed E-state index contributed by atoms with van der Waals surface area (Å²) in [6.45, 7) is 7.32. The first-order valence-electron chi connectivity index (χ1n) is 12.2. The van der Waals surface area contributed by atoms with Crippen LogP contribution in [0.4, 0.5) is 0 Å². The van der Waals surface area contributed by atoms with E-state index < -0.39 is 0 Å². The van der Waals surface area contributed by atoms with Gasteiger partial charge in [0.25, 0.3) is 5.91 Å². The minimum Gasteiger partial charge on any atom is -0.393 e. The molecule has 1 saturated heterocycles. The average Bonchev–Trinajstić information content (AvgIpc) is 3.54. The monoisotopic (exact) mass is 489 g/mol. The molecule has 5 rings (SSSR count). The lowest BCUT2D eigenvalue weighted by Gasteiger charge is -2.29. The van der Waals surface area contributed by atoms with Crippen molar-refractivity contribution in [3.05, 3.63) is 70.7 Å². The summed E-state index contributed by atoms with van der Waals surface area (Å²) < 4.78 is 1.87. The Labute approximate surface area is 209 Å². The summed E-state index contributed by atoms with van der Waals surface area (Å²) in [5, 5.41) is 20.1. The molecule has 1 aliphatic rings. The number of likely N-dealkylation sites (tertiary alicyclic amines) is 1. The van der Waals surface area contributed by atoms with Crippen LogP contribution in [-0.4, -0.2) is 49.9 Å². The highest BCUT2D eigenvalue weighted by Gasteiger charge is 2.19. The van der Waals surface area contributed by atoms with Gasteiger partial charge in [0.1, 0.15) is 0 Å². The van der Waals surface area contributed by atoms with Crippen molar-refractivity contribution in [2.75, 3.05) is 13.1 Å². The number of nitrogens with one attached hydrogen (secondary N) is 1. The van der Waals surface area contributed by atoms with Crippen LogP contribution in [0.15, 0.2) is 54.0 Å². The zero-order valence-electron chi connectivity index (χ0n) is 20.1. The fourth-order valence-corrected chi connectivity index (χ4v) is 5.20. The maximum absolute atomic E-state index is 13.3. The van der Waals surface area contributed by atoms with Gasteiger partial charge in [-0.2, -0.15) is 5.10 Å². The number of piperidine rings is 1. The molecule has 1 aliphatic heterocycles. The predicted molar refractivity (Wildman–Crippen MR) is 139 cm³/mol. The van der Waals surface area contributed by atoms with E-state index in [1.807, 2.05) is 28.3 Å². The number of amides is 1. The first-order valence-corrected chi connectivity index (χ1v) is 13.0. The number of benzene rings is 1. The van der Waals surface area contributed by atoms with Crippen molar-refractivity contribution in [2.45, 2.75) is 51.9 Å². The van der Waals surface area contributed by atoms with Crippen LogP contribution in [0.25, 0.3) is 21.6 Å². The maximum atomic E-state index is 13.3. The minimum absolute atomic E-state index is 0.130. The molecule has 0 radical (unpaired) electrons. The van der Waals surface area contributed by atoms with E-state index in [0.29, 0.717) is 12.1 Å².